The highest BCUT2D eigenvalue weighted by Crippen LogP contribution is 2.33. The molecule has 23 heavy (non-hydrogen) atoms. The predicted molar refractivity (Wildman–Crippen MR) is 89.2 cm³/mol. The Bertz CT molecular complexity index is 644. The van der Waals surface area contributed by atoms with Crippen molar-refractivity contribution in [2.45, 2.75) is 45.3 Å². The Morgan fingerprint density at radius 3 is 2.65 bits per heavy atom. The van der Waals surface area contributed by atoms with E-state index in [1.807, 2.05) is 19.9 Å². The van der Waals surface area contributed by atoms with Crippen molar-refractivity contribution < 1.29 is 14.3 Å². The molecule has 122 valence electrons. The van der Waals surface area contributed by atoms with E-state index in [2.05, 4.69) is 11.2 Å². The van der Waals surface area contributed by atoms with Crippen molar-refractivity contribution in [1.82, 2.24) is 5.32 Å². The number of hydrogen-bond acceptors (Lipinski definition) is 3. The third kappa shape index (κ3) is 3.31. The average molecular weight is 314 g/mol. The zero-order valence-electron chi connectivity index (χ0n) is 13.8. The van der Waals surface area contributed by atoms with Gasteiger partial charge in [-0.3, -0.25) is 14.5 Å². The summed E-state index contributed by atoms with van der Waals surface area (Å²) in [5, 5.41) is 2.88. The maximum Gasteiger partial charge on any atom is 0.268 e. The van der Waals surface area contributed by atoms with Gasteiger partial charge < -0.3 is 10.1 Å². The lowest BCUT2D eigenvalue weighted by Crippen LogP contribution is -2.53. The fraction of sp³-hybridized carbons (Fsp3) is 0.444. The molecule has 0 bridgehead atoms. The molecule has 0 saturated heterocycles. The molecule has 0 fully saturated rings. The van der Waals surface area contributed by atoms with Crippen LogP contribution in [-0.4, -0.2) is 30.0 Å². The molecule has 2 amide bonds. The number of anilines is 1. The number of ether oxygens (including phenoxy) is 1. The molecular weight excluding hydrogens is 292 g/mol. The quantitative estimate of drug-likeness (QED) is 0.847. The van der Waals surface area contributed by atoms with Crippen molar-refractivity contribution in [1.29, 1.82) is 0 Å². The second-order valence-electron chi connectivity index (χ2n) is 5.63. The fourth-order valence-corrected chi connectivity index (χ4v) is 2.64. The molecule has 0 aromatic heterocycles. The maximum absolute atomic E-state index is 12.4. The monoisotopic (exact) mass is 314 g/mol. The first-order valence-electron chi connectivity index (χ1n) is 7.82. The lowest BCUT2D eigenvalue weighted by Gasteiger charge is -2.34. The molecule has 0 saturated carbocycles. The molecule has 5 nitrogen and oxygen atoms in total. The zero-order valence-corrected chi connectivity index (χ0v) is 13.8. The maximum atomic E-state index is 12.4. The number of carbonyl (C=O) groups is 2. The molecule has 1 aromatic carbocycles. The number of para-hydroxylation sites is 2. The summed E-state index contributed by atoms with van der Waals surface area (Å²) >= 11 is 0. The molecule has 2 rings (SSSR count). The predicted octanol–water partition coefficient (Wildman–Crippen LogP) is 2.11. The topological polar surface area (TPSA) is 58.6 Å². The number of terminal acetylenes is 1. The van der Waals surface area contributed by atoms with Crippen LogP contribution in [0.1, 0.15) is 33.6 Å². The number of amides is 2. The first kappa shape index (κ1) is 16.9. The van der Waals surface area contributed by atoms with Gasteiger partial charge in [0.2, 0.25) is 5.91 Å². The van der Waals surface area contributed by atoms with Crippen molar-refractivity contribution in [3.63, 3.8) is 0 Å². The highest BCUT2D eigenvalue weighted by molar-refractivity contribution is 6.03. The van der Waals surface area contributed by atoms with Crippen LogP contribution < -0.4 is 15.0 Å². The van der Waals surface area contributed by atoms with Crippen LogP contribution in [0.5, 0.6) is 5.75 Å². The van der Waals surface area contributed by atoms with Gasteiger partial charge in [-0.05, 0) is 31.9 Å². The van der Waals surface area contributed by atoms with Crippen LogP contribution in [0.25, 0.3) is 0 Å². The second-order valence-corrected chi connectivity index (χ2v) is 5.63. The molecule has 1 aliphatic heterocycles. The summed E-state index contributed by atoms with van der Waals surface area (Å²) in [4.78, 5) is 26.3. The van der Waals surface area contributed by atoms with Gasteiger partial charge >= 0.3 is 0 Å². The summed E-state index contributed by atoms with van der Waals surface area (Å²) in [6.07, 6.45) is 6.22. The van der Waals surface area contributed by atoms with Gasteiger partial charge in [-0.1, -0.05) is 31.9 Å². The molecule has 1 N–H and O–H groups in total. The largest absolute Gasteiger partial charge is 0.479 e. The molecular formula is C18H22N2O3. The minimum atomic E-state index is -0.669. The van der Waals surface area contributed by atoms with Gasteiger partial charge in [-0.25, -0.2) is 0 Å². The number of carbonyl (C=O) groups excluding carboxylic acids is 2. The lowest BCUT2D eigenvalue weighted by atomic mass is 9.94. The Kier molecular flexibility index (Phi) is 4.95. The van der Waals surface area contributed by atoms with E-state index in [1.54, 1.807) is 25.1 Å². The summed E-state index contributed by atoms with van der Waals surface area (Å²) in [6.45, 7) is 5.46. The van der Waals surface area contributed by atoms with E-state index in [1.165, 1.54) is 4.90 Å². The molecule has 0 aliphatic carbocycles. The third-order valence-corrected chi connectivity index (χ3v) is 4.24. The first-order valence-corrected chi connectivity index (χ1v) is 7.82. The standard InChI is InChI=1S/C18H22N2O3/c1-5-18(6-2,7-3)19-16(21)12-20-14-10-8-9-11-15(14)23-13(4)17(20)22/h1,8-11,13H,6-7,12H2,2-4H3,(H,19,21). The van der Waals surface area contributed by atoms with E-state index in [9.17, 15) is 9.59 Å². The molecule has 0 spiro atoms. The summed E-state index contributed by atoms with van der Waals surface area (Å²) < 4.78 is 5.57. The summed E-state index contributed by atoms with van der Waals surface area (Å²) in [5.74, 6) is 2.75. The zero-order chi connectivity index (χ0) is 17.0. The van der Waals surface area contributed by atoms with E-state index < -0.39 is 11.6 Å². The minimum absolute atomic E-state index is 0.0764. The van der Waals surface area contributed by atoms with Crippen LogP contribution in [0.2, 0.25) is 0 Å². The van der Waals surface area contributed by atoms with Gasteiger partial charge in [0.05, 0.1) is 5.69 Å². The number of rotatable bonds is 5. The lowest BCUT2D eigenvalue weighted by molar-refractivity contribution is -0.128. The van der Waals surface area contributed by atoms with Crippen molar-refractivity contribution >= 4 is 17.5 Å². The summed E-state index contributed by atoms with van der Waals surface area (Å²) in [7, 11) is 0. The Hall–Kier alpha value is -2.48. The Morgan fingerprint density at radius 2 is 2.04 bits per heavy atom. The number of nitrogens with zero attached hydrogens (tertiary/aromatic N) is 1. The van der Waals surface area contributed by atoms with Gasteiger partial charge in [0.15, 0.2) is 6.10 Å². The molecule has 1 unspecified atom stereocenters. The molecule has 1 atom stereocenters. The van der Waals surface area contributed by atoms with E-state index in [0.717, 1.165) is 0 Å². The minimum Gasteiger partial charge on any atom is -0.479 e. The normalized spacial score (nSPS) is 17.0. The van der Waals surface area contributed by atoms with Gasteiger partial charge in [-0.2, -0.15) is 0 Å². The highest BCUT2D eigenvalue weighted by Gasteiger charge is 2.34. The van der Waals surface area contributed by atoms with Gasteiger partial charge in [0.25, 0.3) is 5.91 Å². The number of nitrogens with one attached hydrogen (secondary N) is 1. The Morgan fingerprint density at radius 1 is 1.39 bits per heavy atom. The third-order valence-electron chi connectivity index (χ3n) is 4.24. The van der Waals surface area contributed by atoms with Crippen molar-refractivity contribution in [3.8, 4) is 18.1 Å². The Balaban J connectivity index is 2.20. The second kappa shape index (κ2) is 6.74. The molecule has 5 heteroatoms. The van der Waals surface area contributed by atoms with Crippen molar-refractivity contribution in [3.05, 3.63) is 24.3 Å². The Labute approximate surface area is 137 Å². The van der Waals surface area contributed by atoms with Crippen LogP contribution >= 0.6 is 0 Å². The molecule has 1 aromatic rings. The van der Waals surface area contributed by atoms with Crippen LogP contribution in [0.3, 0.4) is 0 Å². The molecule has 1 aliphatic rings. The first-order chi connectivity index (χ1) is 11.0. The van der Waals surface area contributed by atoms with Crippen LogP contribution in [0.4, 0.5) is 5.69 Å². The van der Waals surface area contributed by atoms with Crippen LogP contribution in [0, 0.1) is 12.3 Å². The molecule has 1 heterocycles. The smallest absolute Gasteiger partial charge is 0.268 e. The van der Waals surface area contributed by atoms with Crippen LogP contribution in [0.15, 0.2) is 24.3 Å². The van der Waals surface area contributed by atoms with Crippen LogP contribution in [-0.2, 0) is 9.59 Å². The number of benzene rings is 1. The van der Waals surface area contributed by atoms with Gasteiger partial charge in [-0.15, -0.1) is 6.42 Å². The number of fused-ring (bicyclic) bond motifs is 1. The summed E-state index contributed by atoms with van der Waals surface area (Å²) in [6, 6.07) is 7.19. The summed E-state index contributed by atoms with van der Waals surface area (Å²) in [5.41, 5.74) is -0.0672. The fourth-order valence-electron chi connectivity index (χ4n) is 2.64. The average Bonchev–Trinajstić information content (AvgIpc) is 2.57. The highest BCUT2D eigenvalue weighted by atomic mass is 16.5. The van der Waals surface area contributed by atoms with Gasteiger partial charge in [0.1, 0.15) is 17.8 Å². The molecule has 0 radical (unpaired) electrons. The van der Waals surface area contributed by atoms with Crippen molar-refractivity contribution in [2.24, 2.45) is 0 Å². The van der Waals surface area contributed by atoms with E-state index >= 15 is 0 Å². The van der Waals surface area contributed by atoms with E-state index in [4.69, 9.17) is 11.2 Å². The van der Waals surface area contributed by atoms with Crippen molar-refractivity contribution in [2.75, 3.05) is 11.4 Å². The van der Waals surface area contributed by atoms with Gasteiger partial charge in [0, 0.05) is 0 Å². The van der Waals surface area contributed by atoms with E-state index in [-0.39, 0.29) is 18.4 Å². The number of hydrogen-bond donors (Lipinski definition) is 1. The SMILES string of the molecule is C#CC(CC)(CC)NC(=O)CN1C(=O)C(C)Oc2ccccc21. The van der Waals surface area contributed by atoms with E-state index in [0.29, 0.717) is 24.3 Å².